The maximum Gasteiger partial charge on any atom is 0.169 e. The minimum absolute atomic E-state index is 0.0229. The van der Waals surface area contributed by atoms with E-state index < -0.39 is 0 Å². The summed E-state index contributed by atoms with van der Waals surface area (Å²) in [5.74, 6) is -0.0895. The second-order valence-corrected chi connectivity index (χ2v) is 4.76. The fourth-order valence-electron chi connectivity index (χ4n) is 1.43. The Hall–Kier alpha value is -1.13. The molecule has 96 valence electrons. The molecule has 4 heteroatoms. The van der Waals surface area contributed by atoms with Crippen molar-refractivity contribution in [3.8, 4) is 5.75 Å². The minimum atomic E-state index is -0.379. The molecule has 17 heavy (non-hydrogen) atoms. The molecule has 0 aliphatic rings. The lowest BCUT2D eigenvalue weighted by molar-refractivity contribution is 0.0724. The van der Waals surface area contributed by atoms with Crippen LogP contribution < -0.4 is 4.74 Å². The molecule has 1 N–H and O–H groups in total. The summed E-state index contributed by atoms with van der Waals surface area (Å²) in [6.45, 7) is 4.27. The molecule has 0 radical (unpaired) electrons. The molecule has 0 aromatic heterocycles. The van der Waals surface area contributed by atoms with Gasteiger partial charge in [-0.1, -0.05) is 12.1 Å². The predicted molar refractivity (Wildman–Crippen MR) is 65.6 cm³/mol. The van der Waals surface area contributed by atoms with Gasteiger partial charge in [-0.15, -0.1) is 0 Å². The molecular formula is C13H20FNO2. The average Bonchev–Trinajstić information content (AvgIpc) is 2.31. The van der Waals surface area contributed by atoms with E-state index in [9.17, 15) is 9.50 Å². The van der Waals surface area contributed by atoms with Crippen LogP contribution >= 0.6 is 0 Å². The standard InChI is InChI=1S/C13H20FNO2/c1-13(2,9-16)15(3)8-10-6-5-7-11(17-4)12(10)14/h5-7,16H,8-9H2,1-4H3. The number of halogens is 1. The predicted octanol–water partition coefficient (Wildman–Crippen LogP) is 2.04. The second-order valence-electron chi connectivity index (χ2n) is 4.76. The van der Waals surface area contributed by atoms with Crippen molar-refractivity contribution in [2.45, 2.75) is 25.9 Å². The molecule has 0 amide bonds. The molecule has 1 aromatic rings. The smallest absolute Gasteiger partial charge is 0.169 e. The molecule has 0 fully saturated rings. The summed E-state index contributed by atoms with van der Waals surface area (Å²) in [6.07, 6.45) is 0. The van der Waals surface area contributed by atoms with Gasteiger partial charge in [0, 0.05) is 17.6 Å². The first-order chi connectivity index (χ1) is 7.92. The Kier molecular flexibility index (Phi) is 4.48. The summed E-state index contributed by atoms with van der Waals surface area (Å²) < 4.78 is 18.8. The van der Waals surface area contributed by atoms with Gasteiger partial charge in [-0.2, -0.15) is 0 Å². The second kappa shape index (κ2) is 5.47. The van der Waals surface area contributed by atoms with Crippen LogP contribution in [0.3, 0.4) is 0 Å². The van der Waals surface area contributed by atoms with Gasteiger partial charge in [0.1, 0.15) is 0 Å². The van der Waals surface area contributed by atoms with E-state index in [1.807, 2.05) is 25.8 Å². The third kappa shape index (κ3) is 3.17. The topological polar surface area (TPSA) is 32.7 Å². The fourth-order valence-corrected chi connectivity index (χ4v) is 1.43. The number of aliphatic hydroxyl groups excluding tert-OH is 1. The van der Waals surface area contributed by atoms with E-state index >= 15 is 0 Å². The van der Waals surface area contributed by atoms with Gasteiger partial charge in [-0.05, 0) is 27.0 Å². The third-order valence-corrected chi connectivity index (χ3v) is 3.09. The molecule has 0 heterocycles. The van der Waals surface area contributed by atoms with Crippen molar-refractivity contribution < 1.29 is 14.2 Å². The van der Waals surface area contributed by atoms with E-state index in [0.717, 1.165) is 0 Å². The number of rotatable bonds is 5. The van der Waals surface area contributed by atoms with Gasteiger partial charge in [0.15, 0.2) is 11.6 Å². The summed E-state index contributed by atoms with van der Waals surface area (Å²) in [7, 11) is 3.30. The SMILES string of the molecule is COc1cccc(CN(C)C(C)(C)CO)c1F. The quantitative estimate of drug-likeness (QED) is 0.856. The van der Waals surface area contributed by atoms with Crippen LogP contribution in [0.5, 0.6) is 5.75 Å². The van der Waals surface area contributed by atoms with E-state index in [-0.39, 0.29) is 23.7 Å². The first kappa shape index (κ1) is 13.9. The van der Waals surface area contributed by atoms with Crippen LogP contribution in [-0.4, -0.2) is 36.3 Å². The van der Waals surface area contributed by atoms with Crippen LogP contribution in [0.15, 0.2) is 18.2 Å². The normalized spacial score (nSPS) is 11.9. The lowest BCUT2D eigenvalue weighted by Crippen LogP contribution is -2.43. The Morgan fingerprint density at radius 1 is 1.41 bits per heavy atom. The van der Waals surface area contributed by atoms with Gasteiger partial charge >= 0.3 is 0 Å². The van der Waals surface area contributed by atoms with Gasteiger partial charge in [-0.25, -0.2) is 4.39 Å². The summed E-state index contributed by atoms with van der Waals surface area (Å²) in [5, 5.41) is 9.25. The number of ether oxygens (including phenoxy) is 1. The van der Waals surface area contributed by atoms with Crippen molar-refractivity contribution in [1.82, 2.24) is 4.90 Å². The van der Waals surface area contributed by atoms with Crippen molar-refractivity contribution in [2.75, 3.05) is 20.8 Å². The Bertz CT molecular complexity index is 380. The van der Waals surface area contributed by atoms with Gasteiger partial charge in [0.25, 0.3) is 0 Å². The monoisotopic (exact) mass is 241 g/mol. The van der Waals surface area contributed by atoms with E-state index in [4.69, 9.17) is 4.74 Å². The highest BCUT2D eigenvalue weighted by Gasteiger charge is 2.23. The van der Waals surface area contributed by atoms with Crippen molar-refractivity contribution >= 4 is 0 Å². The highest BCUT2D eigenvalue weighted by Crippen LogP contribution is 2.23. The zero-order valence-electron chi connectivity index (χ0n) is 10.8. The zero-order valence-corrected chi connectivity index (χ0v) is 10.8. The Morgan fingerprint density at radius 3 is 2.59 bits per heavy atom. The van der Waals surface area contributed by atoms with Crippen LogP contribution in [0, 0.1) is 5.82 Å². The van der Waals surface area contributed by atoms with Crippen LogP contribution in [0.25, 0.3) is 0 Å². The Labute approximate surface area is 102 Å². The molecular weight excluding hydrogens is 221 g/mol. The molecule has 0 spiro atoms. The molecule has 0 aliphatic carbocycles. The minimum Gasteiger partial charge on any atom is -0.494 e. The summed E-state index contributed by atoms with van der Waals surface area (Å²) in [6, 6.07) is 5.08. The maximum absolute atomic E-state index is 13.9. The molecule has 0 atom stereocenters. The van der Waals surface area contributed by atoms with Gasteiger partial charge < -0.3 is 9.84 Å². The lowest BCUT2D eigenvalue weighted by Gasteiger charge is -2.34. The number of likely N-dealkylation sites (N-methyl/N-ethyl adjacent to an activating group) is 1. The van der Waals surface area contributed by atoms with Crippen molar-refractivity contribution in [1.29, 1.82) is 0 Å². The van der Waals surface area contributed by atoms with Gasteiger partial charge in [0.05, 0.1) is 13.7 Å². The number of hydrogen-bond donors (Lipinski definition) is 1. The number of nitrogens with zero attached hydrogens (tertiary/aromatic N) is 1. The molecule has 0 aliphatic heterocycles. The number of benzene rings is 1. The molecule has 1 aromatic carbocycles. The summed E-state index contributed by atoms with van der Waals surface area (Å²) in [5.41, 5.74) is 0.184. The fraction of sp³-hybridized carbons (Fsp3) is 0.538. The molecule has 0 saturated heterocycles. The largest absolute Gasteiger partial charge is 0.494 e. The first-order valence-electron chi connectivity index (χ1n) is 5.56. The highest BCUT2D eigenvalue weighted by atomic mass is 19.1. The van der Waals surface area contributed by atoms with E-state index in [0.29, 0.717) is 12.1 Å². The number of methoxy groups -OCH3 is 1. The molecule has 1 rings (SSSR count). The van der Waals surface area contributed by atoms with Crippen LogP contribution in [0.1, 0.15) is 19.4 Å². The third-order valence-electron chi connectivity index (χ3n) is 3.09. The van der Waals surface area contributed by atoms with Gasteiger partial charge in [0.2, 0.25) is 0 Å². The molecule has 0 bridgehead atoms. The molecule has 0 saturated carbocycles. The molecule has 3 nitrogen and oxygen atoms in total. The van der Waals surface area contributed by atoms with E-state index in [1.165, 1.54) is 7.11 Å². The average molecular weight is 241 g/mol. The van der Waals surface area contributed by atoms with Crippen LogP contribution in [0.2, 0.25) is 0 Å². The van der Waals surface area contributed by atoms with E-state index in [2.05, 4.69) is 0 Å². The van der Waals surface area contributed by atoms with Gasteiger partial charge in [-0.3, -0.25) is 4.90 Å². The summed E-state index contributed by atoms with van der Waals surface area (Å²) >= 11 is 0. The number of hydrogen-bond acceptors (Lipinski definition) is 3. The zero-order chi connectivity index (χ0) is 13.1. The van der Waals surface area contributed by atoms with E-state index in [1.54, 1.807) is 18.2 Å². The lowest BCUT2D eigenvalue weighted by atomic mass is 10.0. The Morgan fingerprint density at radius 2 is 2.06 bits per heavy atom. The summed E-state index contributed by atoms with van der Waals surface area (Å²) in [4.78, 5) is 1.91. The van der Waals surface area contributed by atoms with Crippen molar-refractivity contribution in [2.24, 2.45) is 0 Å². The molecule has 0 unspecified atom stereocenters. The number of aliphatic hydroxyl groups is 1. The maximum atomic E-state index is 13.9. The first-order valence-corrected chi connectivity index (χ1v) is 5.56. The Balaban J connectivity index is 2.89. The van der Waals surface area contributed by atoms with Crippen LogP contribution in [0.4, 0.5) is 4.39 Å². The van der Waals surface area contributed by atoms with Crippen molar-refractivity contribution in [3.05, 3.63) is 29.6 Å². The van der Waals surface area contributed by atoms with Crippen molar-refractivity contribution in [3.63, 3.8) is 0 Å². The highest BCUT2D eigenvalue weighted by molar-refractivity contribution is 5.31. The van der Waals surface area contributed by atoms with Crippen LogP contribution in [-0.2, 0) is 6.54 Å².